The van der Waals surface area contributed by atoms with Gasteiger partial charge in [0, 0.05) is 25.8 Å². The molecule has 0 saturated heterocycles. The first-order valence-electron chi connectivity index (χ1n) is 7.10. The van der Waals surface area contributed by atoms with Gasteiger partial charge in [0.25, 0.3) is 0 Å². The lowest BCUT2D eigenvalue weighted by Gasteiger charge is -2.25. The molecule has 0 aliphatic rings. The Morgan fingerprint density at radius 2 is 2.00 bits per heavy atom. The highest BCUT2D eigenvalue weighted by Crippen LogP contribution is 2.31. The molecule has 0 bridgehead atoms. The highest BCUT2D eigenvalue weighted by Gasteiger charge is 2.12. The normalized spacial score (nSPS) is 10.5. The van der Waals surface area contributed by atoms with E-state index in [4.69, 9.17) is 5.73 Å². The van der Waals surface area contributed by atoms with E-state index in [0.29, 0.717) is 5.69 Å². The van der Waals surface area contributed by atoms with E-state index in [1.165, 1.54) is 6.08 Å². The average Bonchev–Trinajstić information content (AvgIpc) is 2.44. The lowest BCUT2D eigenvalue weighted by molar-refractivity contribution is -0.111. The van der Waals surface area contributed by atoms with Crippen molar-refractivity contribution < 1.29 is 4.79 Å². The second kappa shape index (κ2) is 7.69. The maximum Gasteiger partial charge on any atom is 0.247 e. The molecule has 0 aromatic heterocycles. The molecule has 0 fully saturated rings. The lowest BCUT2D eigenvalue weighted by atomic mass is 10.1. The number of hydrogen-bond acceptors (Lipinski definition) is 4. The molecule has 1 aromatic carbocycles. The van der Waals surface area contributed by atoms with Crippen molar-refractivity contribution in [2.45, 2.75) is 13.3 Å². The third kappa shape index (κ3) is 4.79. The molecule has 0 atom stereocenters. The van der Waals surface area contributed by atoms with E-state index in [1.54, 1.807) is 0 Å². The van der Waals surface area contributed by atoms with E-state index < -0.39 is 0 Å². The van der Waals surface area contributed by atoms with Crippen molar-refractivity contribution in [1.29, 1.82) is 0 Å². The largest absolute Gasteiger partial charge is 0.398 e. The van der Waals surface area contributed by atoms with E-state index in [0.717, 1.165) is 36.4 Å². The summed E-state index contributed by atoms with van der Waals surface area (Å²) in [6.07, 6.45) is 2.11. The summed E-state index contributed by atoms with van der Waals surface area (Å²) in [5, 5.41) is 2.83. The molecule has 3 N–H and O–H groups in total. The van der Waals surface area contributed by atoms with Gasteiger partial charge in [-0.05, 0) is 44.3 Å². The van der Waals surface area contributed by atoms with Crippen molar-refractivity contribution in [2.75, 3.05) is 50.2 Å². The number of aryl methyl sites for hydroxylation is 1. The number of rotatable bonds is 7. The molecule has 0 unspecified atom stereocenters. The second-order valence-electron chi connectivity index (χ2n) is 5.34. The SMILES string of the molecule is C=CC(=O)Nc1cc(N)c(CC)cc1N(C)CCN(C)C. The molecule has 0 aliphatic heterocycles. The summed E-state index contributed by atoms with van der Waals surface area (Å²) < 4.78 is 0. The van der Waals surface area contributed by atoms with Crippen molar-refractivity contribution in [2.24, 2.45) is 0 Å². The van der Waals surface area contributed by atoms with Crippen LogP contribution in [-0.4, -0.2) is 45.0 Å². The second-order valence-corrected chi connectivity index (χ2v) is 5.34. The number of amides is 1. The smallest absolute Gasteiger partial charge is 0.247 e. The van der Waals surface area contributed by atoms with Crippen molar-refractivity contribution in [3.05, 3.63) is 30.4 Å². The van der Waals surface area contributed by atoms with Crippen LogP contribution in [0, 0.1) is 0 Å². The molecule has 0 radical (unpaired) electrons. The van der Waals surface area contributed by atoms with Crippen LogP contribution in [0.25, 0.3) is 0 Å². The molecule has 5 nitrogen and oxygen atoms in total. The standard InChI is InChI=1S/C16H26N4O/c1-6-12-10-15(20(5)9-8-19(3)4)14(11-13(12)17)18-16(21)7-2/h7,10-11H,2,6,8-9,17H2,1,3-5H3,(H,18,21). The maximum absolute atomic E-state index is 11.6. The van der Waals surface area contributed by atoms with Gasteiger partial charge in [0.15, 0.2) is 0 Å². The number of likely N-dealkylation sites (N-methyl/N-ethyl adjacent to an activating group) is 2. The molecule has 1 rings (SSSR count). The van der Waals surface area contributed by atoms with E-state index in [1.807, 2.05) is 33.3 Å². The van der Waals surface area contributed by atoms with Crippen LogP contribution in [-0.2, 0) is 11.2 Å². The Balaban J connectivity index is 3.11. The number of carbonyl (C=O) groups excluding carboxylic acids is 1. The topological polar surface area (TPSA) is 61.6 Å². The van der Waals surface area contributed by atoms with Crippen LogP contribution >= 0.6 is 0 Å². The average molecular weight is 290 g/mol. The Morgan fingerprint density at radius 1 is 1.33 bits per heavy atom. The highest BCUT2D eigenvalue weighted by molar-refractivity contribution is 6.01. The summed E-state index contributed by atoms with van der Waals surface area (Å²) in [7, 11) is 6.08. The Kier molecular flexibility index (Phi) is 6.24. The Bertz CT molecular complexity index is 511. The summed E-state index contributed by atoms with van der Waals surface area (Å²) >= 11 is 0. The first-order valence-corrected chi connectivity index (χ1v) is 7.10. The summed E-state index contributed by atoms with van der Waals surface area (Å²) in [5.74, 6) is -0.235. The number of nitrogens with one attached hydrogen (secondary N) is 1. The fourth-order valence-corrected chi connectivity index (χ4v) is 2.02. The van der Waals surface area contributed by atoms with Gasteiger partial charge in [-0.25, -0.2) is 0 Å². The first kappa shape index (κ1) is 17.0. The van der Waals surface area contributed by atoms with Crippen molar-refractivity contribution >= 4 is 23.0 Å². The monoisotopic (exact) mass is 290 g/mol. The van der Waals surface area contributed by atoms with E-state index in [-0.39, 0.29) is 5.91 Å². The van der Waals surface area contributed by atoms with Gasteiger partial charge in [-0.2, -0.15) is 0 Å². The minimum atomic E-state index is -0.235. The predicted octanol–water partition coefficient (Wildman–Crippen LogP) is 1.95. The van der Waals surface area contributed by atoms with Gasteiger partial charge in [-0.1, -0.05) is 13.5 Å². The van der Waals surface area contributed by atoms with Crippen LogP contribution in [0.4, 0.5) is 17.1 Å². The maximum atomic E-state index is 11.6. The number of hydrogen-bond donors (Lipinski definition) is 2. The van der Waals surface area contributed by atoms with Crippen LogP contribution in [0.15, 0.2) is 24.8 Å². The summed E-state index contributed by atoms with van der Waals surface area (Å²) in [6, 6.07) is 3.87. The molecule has 0 heterocycles. The minimum Gasteiger partial charge on any atom is -0.398 e. The van der Waals surface area contributed by atoms with Crippen LogP contribution in [0.5, 0.6) is 0 Å². The number of benzene rings is 1. The fourth-order valence-electron chi connectivity index (χ4n) is 2.02. The molecular weight excluding hydrogens is 264 g/mol. The minimum absolute atomic E-state index is 0.235. The van der Waals surface area contributed by atoms with E-state index >= 15 is 0 Å². The van der Waals surface area contributed by atoms with Gasteiger partial charge >= 0.3 is 0 Å². The van der Waals surface area contributed by atoms with Crippen molar-refractivity contribution in [3.8, 4) is 0 Å². The van der Waals surface area contributed by atoms with Gasteiger partial charge in [-0.3, -0.25) is 4.79 Å². The molecule has 1 amide bonds. The molecular formula is C16H26N4O. The molecule has 0 saturated carbocycles. The zero-order chi connectivity index (χ0) is 16.0. The molecule has 0 spiro atoms. The van der Waals surface area contributed by atoms with Crippen LogP contribution in [0.3, 0.4) is 0 Å². The van der Waals surface area contributed by atoms with E-state index in [2.05, 4.69) is 28.6 Å². The van der Waals surface area contributed by atoms with E-state index in [9.17, 15) is 4.79 Å². The van der Waals surface area contributed by atoms with Crippen LogP contribution in [0.1, 0.15) is 12.5 Å². The first-order chi connectivity index (χ1) is 9.88. The predicted molar refractivity (Wildman–Crippen MR) is 90.9 cm³/mol. The fraction of sp³-hybridized carbons (Fsp3) is 0.438. The third-order valence-electron chi connectivity index (χ3n) is 3.38. The molecule has 1 aromatic rings. The highest BCUT2D eigenvalue weighted by atomic mass is 16.1. The zero-order valence-corrected chi connectivity index (χ0v) is 13.4. The summed E-state index contributed by atoms with van der Waals surface area (Å²) in [6.45, 7) is 7.34. The number of nitrogen functional groups attached to an aromatic ring is 1. The number of nitrogens with two attached hydrogens (primary N) is 1. The number of anilines is 3. The van der Waals surface area contributed by atoms with Gasteiger partial charge in [-0.15, -0.1) is 0 Å². The zero-order valence-electron chi connectivity index (χ0n) is 13.4. The quantitative estimate of drug-likeness (QED) is 0.595. The van der Waals surface area contributed by atoms with Gasteiger partial charge in [0.2, 0.25) is 5.91 Å². The Morgan fingerprint density at radius 3 is 2.52 bits per heavy atom. The Hall–Kier alpha value is -2.01. The van der Waals surface area contributed by atoms with Crippen LogP contribution in [0.2, 0.25) is 0 Å². The molecule has 5 heteroatoms. The van der Waals surface area contributed by atoms with Crippen LogP contribution < -0.4 is 16.0 Å². The van der Waals surface area contributed by atoms with Gasteiger partial charge in [0.05, 0.1) is 11.4 Å². The van der Waals surface area contributed by atoms with Gasteiger partial charge < -0.3 is 20.9 Å². The molecule has 21 heavy (non-hydrogen) atoms. The molecule has 0 aliphatic carbocycles. The third-order valence-corrected chi connectivity index (χ3v) is 3.38. The van der Waals surface area contributed by atoms with Crippen molar-refractivity contribution in [1.82, 2.24) is 4.90 Å². The molecule has 116 valence electrons. The summed E-state index contributed by atoms with van der Waals surface area (Å²) in [4.78, 5) is 15.8. The lowest BCUT2D eigenvalue weighted by Crippen LogP contribution is -2.29. The number of nitrogens with zero attached hydrogens (tertiary/aromatic N) is 2. The Labute approximate surface area is 127 Å². The number of carbonyl (C=O) groups is 1. The van der Waals surface area contributed by atoms with Gasteiger partial charge in [0.1, 0.15) is 0 Å². The van der Waals surface area contributed by atoms with Crippen molar-refractivity contribution in [3.63, 3.8) is 0 Å². The summed E-state index contributed by atoms with van der Waals surface area (Å²) in [5.41, 5.74) is 9.50.